The molecular weight excluding hydrogens is 296 g/mol. The van der Waals surface area contributed by atoms with E-state index in [1.54, 1.807) is 29.2 Å². The van der Waals surface area contributed by atoms with Gasteiger partial charge in [0.1, 0.15) is 0 Å². The van der Waals surface area contributed by atoms with E-state index in [1.165, 1.54) is 12.1 Å². The van der Waals surface area contributed by atoms with Gasteiger partial charge in [0.25, 0.3) is 10.1 Å². The van der Waals surface area contributed by atoms with Crippen molar-refractivity contribution < 1.29 is 13.0 Å². The van der Waals surface area contributed by atoms with Crippen LogP contribution < -0.4 is 0 Å². The molecule has 0 radical (unpaired) electrons. The predicted molar refractivity (Wildman–Crippen MR) is 61.1 cm³/mol. The first kappa shape index (κ1) is 11.3. The van der Waals surface area contributed by atoms with Crippen LogP contribution in [0.3, 0.4) is 0 Å². The first-order chi connectivity index (χ1) is 7.47. The lowest BCUT2D eigenvalue weighted by Gasteiger charge is -2.01. The second kappa shape index (κ2) is 4.00. The molecule has 0 fully saturated rings. The summed E-state index contributed by atoms with van der Waals surface area (Å²) in [7, 11) is -4.14. The van der Waals surface area contributed by atoms with E-state index in [0.717, 1.165) is 4.47 Å². The molecule has 7 heteroatoms. The number of aromatic nitrogens is 2. The van der Waals surface area contributed by atoms with Crippen LogP contribution in [0, 0.1) is 0 Å². The van der Waals surface area contributed by atoms with Gasteiger partial charge in [0, 0.05) is 6.20 Å². The maximum absolute atomic E-state index is 10.8. The average molecular weight is 303 g/mol. The fourth-order valence-corrected chi connectivity index (χ4v) is 1.98. The van der Waals surface area contributed by atoms with Crippen LogP contribution in [0.2, 0.25) is 0 Å². The second-order valence-electron chi connectivity index (χ2n) is 3.07. The molecule has 0 saturated heterocycles. The van der Waals surface area contributed by atoms with Gasteiger partial charge in [-0.25, -0.2) is 4.68 Å². The summed E-state index contributed by atoms with van der Waals surface area (Å²) in [5.41, 5.74) is 0.707. The Morgan fingerprint density at radius 3 is 2.31 bits per heavy atom. The molecule has 0 aliphatic carbocycles. The van der Waals surface area contributed by atoms with Crippen molar-refractivity contribution in [3.05, 3.63) is 41.1 Å². The van der Waals surface area contributed by atoms with E-state index in [1.807, 2.05) is 0 Å². The number of benzene rings is 1. The molecule has 0 bridgehead atoms. The van der Waals surface area contributed by atoms with E-state index in [9.17, 15) is 8.42 Å². The molecular formula is C9H7BrN2O3S. The van der Waals surface area contributed by atoms with Crippen molar-refractivity contribution in [2.24, 2.45) is 0 Å². The zero-order valence-electron chi connectivity index (χ0n) is 7.91. The van der Waals surface area contributed by atoms with Crippen molar-refractivity contribution in [2.75, 3.05) is 0 Å². The maximum Gasteiger partial charge on any atom is 0.294 e. The van der Waals surface area contributed by atoms with Crippen LogP contribution in [0.1, 0.15) is 0 Å². The van der Waals surface area contributed by atoms with Crippen molar-refractivity contribution in [2.45, 2.75) is 4.90 Å². The highest BCUT2D eigenvalue weighted by molar-refractivity contribution is 9.10. The van der Waals surface area contributed by atoms with Gasteiger partial charge in [-0.2, -0.15) is 13.5 Å². The van der Waals surface area contributed by atoms with Crippen LogP contribution in [0.5, 0.6) is 0 Å². The van der Waals surface area contributed by atoms with Gasteiger partial charge in [-0.3, -0.25) is 4.55 Å². The molecule has 2 rings (SSSR count). The Morgan fingerprint density at radius 1 is 1.25 bits per heavy atom. The van der Waals surface area contributed by atoms with Gasteiger partial charge in [-0.15, -0.1) is 0 Å². The Hall–Kier alpha value is -1.18. The molecule has 2 aromatic rings. The van der Waals surface area contributed by atoms with Gasteiger partial charge in [0.05, 0.1) is 21.3 Å². The molecule has 0 aliphatic heterocycles. The van der Waals surface area contributed by atoms with Crippen LogP contribution in [0.25, 0.3) is 5.69 Å². The standard InChI is InChI=1S/C9H7BrN2O3S/c10-7-5-11-12(6-7)8-1-3-9(4-2-8)16(13,14)15/h1-6H,(H,13,14,15). The summed E-state index contributed by atoms with van der Waals surface area (Å²) in [6.45, 7) is 0. The molecule has 5 nitrogen and oxygen atoms in total. The number of nitrogens with zero attached hydrogens (tertiary/aromatic N) is 2. The van der Waals surface area contributed by atoms with Crippen molar-refractivity contribution in [3.63, 3.8) is 0 Å². The quantitative estimate of drug-likeness (QED) is 0.860. The number of rotatable bonds is 2. The lowest BCUT2D eigenvalue weighted by atomic mass is 10.3. The van der Waals surface area contributed by atoms with Gasteiger partial charge in [0.15, 0.2) is 0 Å². The summed E-state index contributed by atoms with van der Waals surface area (Å²) in [5.74, 6) is 0. The maximum atomic E-state index is 10.8. The van der Waals surface area contributed by atoms with Gasteiger partial charge in [-0.05, 0) is 40.2 Å². The monoisotopic (exact) mass is 302 g/mol. The number of halogens is 1. The SMILES string of the molecule is O=S(=O)(O)c1ccc(-n2cc(Br)cn2)cc1. The van der Waals surface area contributed by atoms with Crippen LogP contribution in [-0.2, 0) is 10.1 Å². The molecule has 1 aromatic heterocycles. The van der Waals surface area contributed by atoms with Crippen LogP contribution in [0.4, 0.5) is 0 Å². The minimum atomic E-state index is -4.14. The largest absolute Gasteiger partial charge is 0.294 e. The van der Waals surface area contributed by atoms with Crippen LogP contribution in [-0.4, -0.2) is 22.8 Å². The highest BCUT2D eigenvalue weighted by Gasteiger charge is 2.08. The Balaban J connectivity index is 2.40. The van der Waals surface area contributed by atoms with E-state index in [4.69, 9.17) is 4.55 Å². The van der Waals surface area contributed by atoms with Gasteiger partial charge in [0.2, 0.25) is 0 Å². The molecule has 0 aliphatic rings. The Labute approximate surface area is 101 Å². The molecule has 0 unspecified atom stereocenters. The first-order valence-electron chi connectivity index (χ1n) is 4.25. The second-order valence-corrected chi connectivity index (χ2v) is 5.41. The topological polar surface area (TPSA) is 72.2 Å². The zero-order chi connectivity index (χ0) is 11.8. The summed E-state index contributed by atoms with van der Waals surface area (Å²) in [5, 5.41) is 4.04. The minimum absolute atomic E-state index is 0.137. The van der Waals surface area contributed by atoms with E-state index in [0.29, 0.717) is 5.69 Å². The van der Waals surface area contributed by atoms with Crippen LogP contribution >= 0.6 is 15.9 Å². The molecule has 0 atom stereocenters. The lowest BCUT2D eigenvalue weighted by molar-refractivity contribution is 0.483. The summed E-state index contributed by atoms with van der Waals surface area (Å²) in [6, 6.07) is 5.76. The van der Waals surface area contributed by atoms with Crippen molar-refractivity contribution in [1.29, 1.82) is 0 Å². The summed E-state index contributed by atoms with van der Waals surface area (Å²) < 4.78 is 32.8. The molecule has 16 heavy (non-hydrogen) atoms. The third-order valence-corrected chi connectivity index (χ3v) is 3.23. The zero-order valence-corrected chi connectivity index (χ0v) is 10.3. The Bertz CT molecular complexity index is 604. The molecule has 0 amide bonds. The van der Waals surface area contributed by atoms with E-state index >= 15 is 0 Å². The number of hydrogen-bond donors (Lipinski definition) is 1. The molecule has 0 saturated carbocycles. The predicted octanol–water partition coefficient (Wildman–Crippen LogP) is 1.88. The summed E-state index contributed by atoms with van der Waals surface area (Å²) in [6.07, 6.45) is 3.36. The van der Waals surface area contributed by atoms with Gasteiger partial charge >= 0.3 is 0 Å². The highest BCUT2D eigenvalue weighted by Crippen LogP contribution is 2.15. The number of hydrogen-bond acceptors (Lipinski definition) is 3. The fraction of sp³-hybridized carbons (Fsp3) is 0. The molecule has 1 N–H and O–H groups in total. The minimum Gasteiger partial charge on any atom is -0.282 e. The van der Waals surface area contributed by atoms with Crippen LogP contribution in [0.15, 0.2) is 46.0 Å². The molecule has 84 valence electrons. The first-order valence-corrected chi connectivity index (χ1v) is 6.48. The van der Waals surface area contributed by atoms with Crippen molar-refractivity contribution in [3.8, 4) is 5.69 Å². The average Bonchev–Trinajstić information content (AvgIpc) is 2.64. The third-order valence-electron chi connectivity index (χ3n) is 1.95. The van der Waals surface area contributed by atoms with Gasteiger partial charge in [-0.1, -0.05) is 0 Å². The summed E-state index contributed by atoms with van der Waals surface area (Å²) >= 11 is 3.26. The molecule has 0 spiro atoms. The summed E-state index contributed by atoms with van der Waals surface area (Å²) in [4.78, 5) is -0.137. The van der Waals surface area contributed by atoms with E-state index in [2.05, 4.69) is 21.0 Å². The van der Waals surface area contributed by atoms with E-state index in [-0.39, 0.29) is 4.90 Å². The normalized spacial score (nSPS) is 11.6. The molecule has 1 heterocycles. The van der Waals surface area contributed by atoms with Gasteiger partial charge < -0.3 is 0 Å². The smallest absolute Gasteiger partial charge is 0.282 e. The Morgan fingerprint density at radius 2 is 1.88 bits per heavy atom. The fourth-order valence-electron chi connectivity index (χ4n) is 1.21. The highest BCUT2D eigenvalue weighted by atomic mass is 79.9. The van der Waals surface area contributed by atoms with E-state index < -0.39 is 10.1 Å². The van der Waals surface area contributed by atoms with Crippen molar-refractivity contribution in [1.82, 2.24) is 9.78 Å². The molecule has 1 aromatic carbocycles. The lowest BCUT2D eigenvalue weighted by Crippen LogP contribution is -1.99. The third kappa shape index (κ3) is 2.31. The van der Waals surface area contributed by atoms with Crippen molar-refractivity contribution >= 4 is 26.0 Å². The Kier molecular flexibility index (Phi) is 2.83.